The quantitative estimate of drug-likeness (QED) is 0.563. The van der Waals surface area contributed by atoms with E-state index < -0.39 is 0 Å². The molecule has 0 amide bonds. The molecule has 0 aliphatic carbocycles. The number of halogens is 1. The summed E-state index contributed by atoms with van der Waals surface area (Å²) >= 11 is 2.32. The van der Waals surface area contributed by atoms with Crippen LogP contribution in [0.5, 0.6) is 0 Å². The van der Waals surface area contributed by atoms with Crippen LogP contribution < -0.4 is 0 Å². The average molecular weight is 360 g/mol. The molecular weight excluding hydrogens is 343 g/mol. The van der Waals surface area contributed by atoms with E-state index >= 15 is 0 Å². The number of aromatic nitrogens is 2. The van der Waals surface area contributed by atoms with Crippen molar-refractivity contribution in [2.24, 2.45) is 0 Å². The average Bonchev–Trinajstić information content (AvgIpc) is 2.76. The third-order valence-electron chi connectivity index (χ3n) is 2.69. The Morgan fingerprint density at radius 1 is 1.28 bits per heavy atom. The molecule has 0 fully saturated rings. The minimum atomic E-state index is 0.686. The molecule has 0 aliphatic heterocycles. The van der Waals surface area contributed by atoms with E-state index in [1.807, 2.05) is 10.9 Å². The van der Waals surface area contributed by atoms with Gasteiger partial charge in [0.2, 0.25) is 0 Å². The van der Waals surface area contributed by atoms with Crippen LogP contribution in [0.25, 0.3) is 10.9 Å². The first kappa shape index (κ1) is 13.8. The van der Waals surface area contributed by atoms with Gasteiger partial charge in [0.25, 0.3) is 0 Å². The minimum absolute atomic E-state index is 0.686. The van der Waals surface area contributed by atoms with Crippen molar-refractivity contribution in [1.82, 2.24) is 9.78 Å². The van der Waals surface area contributed by atoms with E-state index in [0.29, 0.717) is 6.61 Å². The van der Waals surface area contributed by atoms with Gasteiger partial charge in [0.1, 0.15) is 0 Å². The third kappa shape index (κ3) is 3.66. The van der Waals surface area contributed by atoms with E-state index in [9.17, 15) is 0 Å². The Balaban J connectivity index is 1.86. The molecule has 0 aliphatic rings. The molecule has 0 atom stereocenters. The molecule has 4 nitrogen and oxygen atoms in total. The van der Waals surface area contributed by atoms with Crippen LogP contribution in [0.1, 0.15) is 6.42 Å². The van der Waals surface area contributed by atoms with Crippen LogP contribution in [0.2, 0.25) is 0 Å². The predicted octanol–water partition coefficient (Wildman–Crippen LogP) is 2.69. The largest absolute Gasteiger partial charge is 0.385 e. The number of methoxy groups -OCH3 is 1. The van der Waals surface area contributed by atoms with Gasteiger partial charge in [-0.25, -0.2) is 0 Å². The number of rotatable bonds is 7. The molecule has 0 bridgehead atoms. The monoisotopic (exact) mass is 360 g/mol. The van der Waals surface area contributed by atoms with E-state index in [1.165, 1.54) is 14.5 Å². The number of hydrogen-bond donors (Lipinski definition) is 0. The SMILES string of the molecule is COCCCOCCn1ncc2ccc(I)cc21. The van der Waals surface area contributed by atoms with Gasteiger partial charge in [-0.1, -0.05) is 6.07 Å². The van der Waals surface area contributed by atoms with Crippen molar-refractivity contribution in [2.75, 3.05) is 26.9 Å². The van der Waals surface area contributed by atoms with Gasteiger partial charge in [0.15, 0.2) is 0 Å². The van der Waals surface area contributed by atoms with Gasteiger partial charge in [-0.15, -0.1) is 0 Å². The van der Waals surface area contributed by atoms with Gasteiger partial charge in [-0.3, -0.25) is 4.68 Å². The Hall–Kier alpha value is -0.660. The molecule has 0 saturated carbocycles. The van der Waals surface area contributed by atoms with E-state index in [0.717, 1.165) is 26.2 Å². The van der Waals surface area contributed by atoms with Crippen molar-refractivity contribution in [3.05, 3.63) is 28.0 Å². The summed E-state index contributed by atoms with van der Waals surface area (Å²) in [5.74, 6) is 0. The smallest absolute Gasteiger partial charge is 0.0693 e. The molecule has 0 saturated heterocycles. The fraction of sp³-hybridized carbons (Fsp3) is 0.462. The molecule has 98 valence electrons. The van der Waals surface area contributed by atoms with Crippen molar-refractivity contribution in [3.63, 3.8) is 0 Å². The summed E-state index contributed by atoms with van der Waals surface area (Å²) in [6.07, 6.45) is 2.84. The number of benzene rings is 1. The summed E-state index contributed by atoms with van der Waals surface area (Å²) in [4.78, 5) is 0. The lowest BCUT2D eigenvalue weighted by Gasteiger charge is -2.05. The van der Waals surface area contributed by atoms with Gasteiger partial charge in [0, 0.05) is 29.3 Å². The molecule has 0 N–H and O–H groups in total. The summed E-state index contributed by atoms with van der Waals surface area (Å²) in [6.45, 7) is 2.97. The molecule has 2 rings (SSSR count). The van der Waals surface area contributed by atoms with Crippen LogP contribution in [-0.2, 0) is 16.0 Å². The maximum atomic E-state index is 5.55. The van der Waals surface area contributed by atoms with Crippen LogP contribution in [0.15, 0.2) is 24.4 Å². The highest BCUT2D eigenvalue weighted by Gasteiger charge is 2.02. The van der Waals surface area contributed by atoms with E-state index in [4.69, 9.17) is 9.47 Å². The zero-order chi connectivity index (χ0) is 12.8. The second kappa shape index (κ2) is 7.06. The number of hydrogen-bond acceptors (Lipinski definition) is 3. The summed E-state index contributed by atoms with van der Waals surface area (Å²) in [6, 6.07) is 6.34. The molecule has 0 radical (unpaired) electrons. The van der Waals surface area contributed by atoms with Crippen LogP contribution in [0.4, 0.5) is 0 Å². The highest BCUT2D eigenvalue weighted by atomic mass is 127. The van der Waals surface area contributed by atoms with Crippen molar-refractivity contribution in [2.45, 2.75) is 13.0 Å². The second-order valence-electron chi connectivity index (χ2n) is 4.03. The van der Waals surface area contributed by atoms with E-state index in [1.54, 1.807) is 7.11 Å². The van der Waals surface area contributed by atoms with Crippen molar-refractivity contribution < 1.29 is 9.47 Å². The second-order valence-corrected chi connectivity index (χ2v) is 5.28. The van der Waals surface area contributed by atoms with Crippen LogP contribution in [-0.4, -0.2) is 36.7 Å². The summed E-state index contributed by atoms with van der Waals surface area (Å²) in [5.41, 5.74) is 1.17. The minimum Gasteiger partial charge on any atom is -0.385 e. The summed E-state index contributed by atoms with van der Waals surface area (Å²) < 4.78 is 13.7. The highest BCUT2D eigenvalue weighted by molar-refractivity contribution is 14.1. The zero-order valence-electron chi connectivity index (χ0n) is 10.4. The molecule has 1 aromatic heterocycles. The predicted molar refractivity (Wildman–Crippen MR) is 79.8 cm³/mol. The van der Waals surface area contributed by atoms with Crippen molar-refractivity contribution in [1.29, 1.82) is 0 Å². The Morgan fingerprint density at radius 3 is 3.00 bits per heavy atom. The molecule has 18 heavy (non-hydrogen) atoms. The van der Waals surface area contributed by atoms with Gasteiger partial charge >= 0.3 is 0 Å². The zero-order valence-corrected chi connectivity index (χ0v) is 12.6. The molecule has 2 aromatic rings. The molecular formula is C13H17IN2O2. The van der Waals surface area contributed by atoms with Gasteiger partial charge in [-0.2, -0.15) is 5.10 Å². The number of fused-ring (bicyclic) bond motifs is 1. The first-order valence-electron chi connectivity index (χ1n) is 5.99. The standard InChI is InChI=1S/C13H17IN2O2/c1-17-6-2-7-18-8-5-16-13-9-12(14)4-3-11(13)10-15-16/h3-4,9-10H,2,5-8H2,1H3. The van der Waals surface area contributed by atoms with Crippen LogP contribution in [0.3, 0.4) is 0 Å². The van der Waals surface area contributed by atoms with Crippen molar-refractivity contribution in [3.8, 4) is 0 Å². The number of nitrogens with zero attached hydrogens (tertiary/aromatic N) is 2. The first-order valence-corrected chi connectivity index (χ1v) is 7.07. The number of ether oxygens (including phenoxy) is 2. The first-order chi connectivity index (χ1) is 8.81. The Labute approximate surface area is 120 Å². The molecule has 1 aromatic carbocycles. The topological polar surface area (TPSA) is 36.3 Å². The highest BCUT2D eigenvalue weighted by Crippen LogP contribution is 2.16. The molecule has 1 heterocycles. The van der Waals surface area contributed by atoms with Gasteiger partial charge < -0.3 is 9.47 Å². The Bertz CT molecular complexity index is 499. The van der Waals surface area contributed by atoms with E-state index in [-0.39, 0.29) is 0 Å². The maximum Gasteiger partial charge on any atom is 0.0693 e. The lowest BCUT2D eigenvalue weighted by Crippen LogP contribution is -2.08. The lowest BCUT2D eigenvalue weighted by atomic mass is 10.2. The van der Waals surface area contributed by atoms with Gasteiger partial charge in [0.05, 0.1) is 24.9 Å². The maximum absolute atomic E-state index is 5.55. The van der Waals surface area contributed by atoms with Crippen LogP contribution >= 0.6 is 22.6 Å². The summed E-state index contributed by atoms with van der Waals surface area (Å²) in [5, 5.41) is 5.55. The van der Waals surface area contributed by atoms with Gasteiger partial charge in [-0.05, 0) is 41.1 Å². The Kier molecular flexibility index (Phi) is 5.40. The fourth-order valence-electron chi connectivity index (χ4n) is 1.78. The normalized spacial score (nSPS) is 11.2. The molecule has 5 heteroatoms. The van der Waals surface area contributed by atoms with Crippen LogP contribution in [0, 0.1) is 3.57 Å². The molecule has 0 spiro atoms. The van der Waals surface area contributed by atoms with E-state index in [2.05, 4.69) is 45.9 Å². The molecule has 0 unspecified atom stereocenters. The summed E-state index contributed by atoms with van der Waals surface area (Å²) in [7, 11) is 1.71. The third-order valence-corrected chi connectivity index (χ3v) is 3.36. The van der Waals surface area contributed by atoms with Crippen molar-refractivity contribution >= 4 is 33.5 Å². The fourth-order valence-corrected chi connectivity index (χ4v) is 2.25. The lowest BCUT2D eigenvalue weighted by molar-refractivity contribution is 0.0967. The Morgan fingerprint density at radius 2 is 2.17 bits per heavy atom.